The molecule has 0 aromatic heterocycles. The van der Waals surface area contributed by atoms with Crippen molar-refractivity contribution in [2.24, 2.45) is 5.92 Å². The first-order valence-corrected chi connectivity index (χ1v) is 17.4. The van der Waals surface area contributed by atoms with Crippen LogP contribution in [0.5, 0.6) is 0 Å². The molecule has 0 aromatic rings. The largest absolute Gasteiger partial charge is 0.481 e. The Hall–Kier alpha value is -1.31. The van der Waals surface area contributed by atoms with E-state index in [1.165, 1.54) is 12.8 Å². The molecule has 2 unspecified atom stereocenters. The standard InChI is InChI=1S/C24H46O7S.C6H15NO3/c1-3-5-7-9-11-13-15-17-19-21(22(25)26)24(23(27)28,32(29,30)31)20-18-16-14-12-10-8-6-4-2;8-4-1-7(2-5-9)3-6-10/h21H,3-20H2,1-2H3,(H,25,26)(H,27,28)(H,29,30,31);8-10H,1-6H2. The fraction of sp³-hybridized carbons (Fsp3) is 0.933. The molecule has 0 aliphatic heterocycles. The van der Waals surface area contributed by atoms with Gasteiger partial charge in [0, 0.05) is 19.6 Å². The van der Waals surface area contributed by atoms with Crippen LogP contribution in [0.3, 0.4) is 0 Å². The van der Waals surface area contributed by atoms with Crippen molar-refractivity contribution >= 4 is 22.1 Å². The number of carboxylic acids is 2. The zero-order valence-electron chi connectivity index (χ0n) is 26.2. The van der Waals surface area contributed by atoms with Gasteiger partial charge in [-0.25, -0.2) is 0 Å². The second-order valence-corrected chi connectivity index (χ2v) is 12.7. The molecular formula is C30H61NO10S. The van der Waals surface area contributed by atoms with Gasteiger partial charge in [0.15, 0.2) is 0 Å². The summed E-state index contributed by atoms with van der Waals surface area (Å²) in [7, 11) is -5.11. The second-order valence-electron chi connectivity index (χ2n) is 11.1. The fourth-order valence-electron chi connectivity index (χ4n) is 5.17. The summed E-state index contributed by atoms with van der Waals surface area (Å²) in [6.07, 6.45) is 14.4. The summed E-state index contributed by atoms with van der Waals surface area (Å²) >= 11 is 0. The third kappa shape index (κ3) is 19.1. The Morgan fingerprint density at radius 2 is 1.00 bits per heavy atom. The Bertz CT molecular complexity index is 751. The number of hydrogen-bond donors (Lipinski definition) is 6. The highest BCUT2D eigenvalue weighted by Crippen LogP contribution is 2.37. The van der Waals surface area contributed by atoms with Crippen LogP contribution in [0.2, 0.25) is 0 Å². The predicted octanol–water partition coefficient (Wildman–Crippen LogP) is 4.73. The number of aliphatic hydroxyl groups is 3. The summed E-state index contributed by atoms with van der Waals surface area (Å²) in [5.74, 6) is -4.91. The maximum atomic E-state index is 12.2. The average molecular weight is 628 g/mol. The summed E-state index contributed by atoms with van der Waals surface area (Å²) in [6, 6.07) is 0. The van der Waals surface area contributed by atoms with E-state index in [4.69, 9.17) is 15.3 Å². The Kier molecular flexibility index (Phi) is 27.8. The van der Waals surface area contributed by atoms with Gasteiger partial charge in [0.25, 0.3) is 10.1 Å². The topological polar surface area (TPSA) is 193 Å². The minimum absolute atomic E-state index is 0.0694. The summed E-state index contributed by atoms with van der Waals surface area (Å²) in [5, 5.41) is 45.0. The number of carboxylic acid groups (broad SMARTS) is 2. The summed E-state index contributed by atoms with van der Waals surface area (Å²) in [4.78, 5) is 25.8. The molecule has 0 aromatic carbocycles. The monoisotopic (exact) mass is 627 g/mol. The van der Waals surface area contributed by atoms with Crippen molar-refractivity contribution in [3.8, 4) is 0 Å². The average Bonchev–Trinajstić information content (AvgIpc) is 2.92. The smallest absolute Gasteiger partial charge is 0.328 e. The Morgan fingerprint density at radius 3 is 1.31 bits per heavy atom. The highest BCUT2D eigenvalue weighted by atomic mass is 32.2. The molecule has 0 aliphatic rings. The van der Waals surface area contributed by atoms with E-state index in [9.17, 15) is 32.8 Å². The van der Waals surface area contributed by atoms with Gasteiger partial charge in [-0.3, -0.25) is 19.0 Å². The molecule has 0 fully saturated rings. The molecule has 0 heterocycles. The van der Waals surface area contributed by atoms with Crippen LogP contribution in [-0.2, 0) is 19.7 Å². The van der Waals surface area contributed by atoms with Gasteiger partial charge in [0.05, 0.1) is 25.7 Å². The number of nitrogens with zero attached hydrogens (tertiary/aromatic N) is 1. The molecule has 42 heavy (non-hydrogen) atoms. The van der Waals surface area contributed by atoms with Gasteiger partial charge in [0.2, 0.25) is 4.75 Å². The number of aliphatic carboxylic acids is 2. The van der Waals surface area contributed by atoms with E-state index >= 15 is 0 Å². The van der Waals surface area contributed by atoms with E-state index in [1.807, 2.05) is 0 Å². The van der Waals surface area contributed by atoms with Gasteiger partial charge in [-0.2, -0.15) is 8.42 Å². The molecule has 0 saturated heterocycles. The summed E-state index contributed by atoms with van der Waals surface area (Å²) in [5.41, 5.74) is 0. The lowest BCUT2D eigenvalue weighted by Crippen LogP contribution is -2.55. The molecule has 0 amide bonds. The van der Waals surface area contributed by atoms with Crippen LogP contribution in [0.1, 0.15) is 129 Å². The molecule has 12 heteroatoms. The zero-order chi connectivity index (χ0) is 32.3. The number of rotatable bonds is 28. The molecule has 0 radical (unpaired) electrons. The molecule has 0 saturated carbocycles. The van der Waals surface area contributed by atoms with E-state index in [2.05, 4.69) is 13.8 Å². The molecule has 0 bridgehead atoms. The van der Waals surface area contributed by atoms with Crippen LogP contribution in [0, 0.1) is 5.92 Å². The third-order valence-corrected chi connectivity index (χ3v) is 9.26. The fourth-order valence-corrected chi connectivity index (χ4v) is 6.37. The number of carbonyl (C=O) groups is 2. The highest BCUT2D eigenvalue weighted by Gasteiger charge is 2.58. The number of unbranched alkanes of at least 4 members (excludes halogenated alkanes) is 14. The van der Waals surface area contributed by atoms with Gasteiger partial charge in [0.1, 0.15) is 0 Å². The number of hydrogen-bond acceptors (Lipinski definition) is 8. The first-order chi connectivity index (χ1) is 20.0. The molecule has 0 aliphatic carbocycles. The van der Waals surface area contributed by atoms with Crippen LogP contribution in [0.25, 0.3) is 0 Å². The minimum Gasteiger partial charge on any atom is -0.481 e. The van der Waals surface area contributed by atoms with Crippen molar-refractivity contribution < 1.29 is 48.1 Å². The minimum atomic E-state index is -5.11. The van der Waals surface area contributed by atoms with Crippen LogP contribution < -0.4 is 0 Å². The maximum Gasteiger partial charge on any atom is 0.328 e. The van der Waals surface area contributed by atoms with Crippen LogP contribution >= 0.6 is 0 Å². The predicted molar refractivity (Wildman–Crippen MR) is 165 cm³/mol. The summed E-state index contributed by atoms with van der Waals surface area (Å²) < 4.78 is 31.6. The van der Waals surface area contributed by atoms with Crippen molar-refractivity contribution in [2.45, 2.75) is 134 Å². The van der Waals surface area contributed by atoms with Crippen molar-refractivity contribution in [1.82, 2.24) is 4.90 Å². The van der Waals surface area contributed by atoms with Gasteiger partial charge >= 0.3 is 11.9 Å². The highest BCUT2D eigenvalue weighted by molar-refractivity contribution is 7.88. The lowest BCUT2D eigenvalue weighted by molar-refractivity contribution is -0.152. The molecular weight excluding hydrogens is 566 g/mol. The third-order valence-electron chi connectivity index (χ3n) is 7.68. The molecule has 11 nitrogen and oxygen atoms in total. The Balaban J connectivity index is 0. The molecule has 6 N–H and O–H groups in total. The SMILES string of the molecule is CCCCCCCCCCC(C(=O)O)C(CCCCCCCCCC)(C(=O)O)S(=O)(=O)O.OCCN(CCO)CCO. The van der Waals surface area contributed by atoms with Crippen LogP contribution in [0.4, 0.5) is 0 Å². The van der Waals surface area contributed by atoms with E-state index in [0.717, 1.165) is 70.6 Å². The Labute approximate surface area is 254 Å². The van der Waals surface area contributed by atoms with Crippen molar-refractivity contribution in [1.29, 1.82) is 0 Å². The van der Waals surface area contributed by atoms with E-state index in [-0.39, 0.29) is 39.1 Å². The van der Waals surface area contributed by atoms with E-state index in [1.54, 1.807) is 4.90 Å². The summed E-state index contributed by atoms with van der Waals surface area (Å²) in [6.45, 7) is 6.03. The first-order valence-electron chi connectivity index (χ1n) is 16.0. The lowest BCUT2D eigenvalue weighted by Gasteiger charge is -2.32. The van der Waals surface area contributed by atoms with Crippen LogP contribution in [-0.4, -0.2) is 99.5 Å². The first kappa shape index (κ1) is 42.8. The quantitative estimate of drug-likeness (QED) is 0.0519. The van der Waals surface area contributed by atoms with Crippen molar-refractivity contribution in [3.63, 3.8) is 0 Å². The lowest BCUT2D eigenvalue weighted by atomic mass is 9.82. The van der Waals surface area contributed by atoms with Crippen molar-refractivity contribution in [2.75, 3.05) is 39.5 Å². The van der Waals surface area contributed by atoms with Gasteiger partial charge in [-0.1, -0.05) is 117 Å². The van der Waals surface area contributed by atoms with Gasteiger partial charge < -0.3 is 25.5 Å². The zero-order valence-corrected chi connectivity index (χ0v) is 27.0. The molecule has 252 valence electrons. The second kappa shape index (κ2) is 27.3. The normalized spacial score (nSPS) is 13.8. The van der Waals surface area contributed by atoms with Crippen LogP contribution in [0.15, 0.2) is 0 Å². The maximum absolute atomic E-state index is 12.2. The Morgan fingerprint density at radius 1 is 0.643 bits per heavy atom. The molecule has 0 spiro atoms. The van der Waals surface area contributed by atoms with E-state index < -0.39 is 32.7 Å². The van der Waals surface area contributed by atoms with E-state index in [0.29, 0.717) is 32.5 Å². The molecule has 2 atom stereocenters. The molecule has 0 rings (SSSR count). The number of aliphatic hydroxyl groups excluding tert-OH is 3. The van der Waals surface area contributed by atoms with Gasteiger partial charge in [-0.15, -0.1) is 0 Å². The van der Waals surface area contributed by atoms with Crippen molar-refractivity contribution in [3.05, 3.63) is 0 Å². The van der Waals surface area contributed by atoms with Gasteiger partial charge in [-0.05, 0) is 12.8 Å².